The van der Waals surface area contributed by atoms with Crippen molar-refractivity contribution in [2.45, 2.75) is 25.6 Å². The summed E-state index contributed by atoms with van der Waals surface area (Å²) in [6.45, 7) is 1.68. The van der Waals surface area contributed by atoms with E-state index in [9.17, 15) is 14.0 Å². The lowest BCUT2D eigenvalue weighted by molar-refractivity contribution is -0.134. The van der Waals surface area contributed by atoms with Crippen LogP contribution in [0, 0.1) is 5.82 Å². The molecule has 6 nitrogen and oxygen atoms in total. The molecule has 1 aliphatic heterocycles. The number of carbonyl (C=O) groups is 2. The molecule has 0 bridgehead atoms. The maximum absolute atomic E-state index is 14.0. The van der Waals surface area contributed by atoms with Gasteiger partial charge >= 0.3 is 0 Å². The van der Waals surface area contributed by atoms with Crippen LogP contribution in [-0.4, -0.2) is 43.0 Å². The van der Waals surface area contributed by atoms with Crippen LogP contribution in [-0.2, 0) is 22.7 Å². The third kappa shape index (κ3) is 5.07. The number of halogens is 1. The SMILES string of the molecule is COc1cccc(CNC(=O)CC2C(=O)NCCN2Cc2ccccc2F)c1. The quantitative estimate of drug-likeness (QED) is 0.763. The number of piperazine rings is 1. The fourth-order valence-electron chi connectivity index (χ4n) is 3.25. The zero-order chi connectivity index (χ0) is 19.9. The van der Waals surface area contributed by atoms with E-state index in [1.807, 2.05) is 29.2 Å². The van der Waals surface area contributed by atoms with Gasteiger partial charge in [0.05, 0.1) is 19.6 Å². The molecule has 1 saturated heterocycles. The van der Waals surface area contributed by atoms with Crippen LogP contribution in [0.4, 0.5) is 4.39 Å². The largest absolute Gasteiger partial charge is 0.497 e. The summed E-state index contributed by atoms with van der Waals surface area (Å²) in [7, 11) is 1.59. The van der Waals surface area contributed by atoms with Crippen molar-refractivity contribution in [3.05, 3.63) is 65.5 Å². The van der Waals surface area contributed by atoms with Crippen molar-refractivity contribution in [1.82, 2.24) is 15.5 Å². The highest BCUT2D eigenvalue weighted by Crippen LogP contribution is 2.16. The number of hydrogen-bond acceptors (Lipinski definition) is 4. The minimum Gasteiger partial charge on any atom is -0.497 e. The number of nitrogens with one attached hydrogen (secondary N) is 2. The molecule has 2 aromatic rings. The molecule has 3 rings (SSSR count). The second-order valence-electron chi connectivity index (χ2n) is 6.70. The fraction of sp³-hybridized carbons (Fsp3) is 0.333. The van der Waals surface area contributed by atoms with Crippen molar-refractivity contribution in [3.8, 4) is 5.75 Å². The van der Waals surface area contributed by atoms with Crippen molar-refractivity contribution in [3.63, 3.8) is 0 Å². The summed E-state index contributed by atoms with van der Waals surface area (Å²) >= 11 is 0. The molecule has 0 saturated carbocycles. The lowest BCUT2D eigenvalue weighted by Gasteiger charge is -2.34. The van der Waals surface area contributed by atoms with E-state index in [4.69, 9.17) is 4.74 Å². The number of methoxy groups -OCH3 is 1. The zero-order valence-corrected chi connectivity index (χ0v) is 15.8. The van der Waals surface area contributed by atoms with Gasteiger partial charge in [0.2, 0.25) is 11.8 Å². The lowest BCUT2D eigenvalue weighted by Crippen LogP contribution is -2.56. The Balaban J connectivity index is 1.61. The topological polar surface area (TPSA) is 70.7 Å². The molecule has 0 aliphatic carbocycles. The van der Waals surface area contributed by atoms with E-state index in [0.717, 1.165) is 11.3 Å². The van der Waals surface area contributed by atoms with Gasteiger partial charge in [0.1, 0.15) is 11.6 Å². The predicted molar refractivity (Wildman–Crippen MR) is 103 cm³/mol. The Labute approximate surface area is 163 Å². The summed E-state index contributed by atoms with van der Waals surface area (Å²) in [6.07, 6.45) is 0.0181. The monoisotopic (exact) mass is 385 g/mol. The maximum Gasteiger partial charge on any atom is 0.237 e. The van der Waals surface area contributed by atoms with Gasteiger partial charge in [-0.1, -0.05) is 30.3 Å². The van der Waals surface area contributed by atoms with E-state index in [2.05, 4.69) is 10.6 Å². The highest BCUT2D eigenvalue weighted by Gasteiger charge is 2.31. The van der Waals surface area contributed by atoms with Gasteiger partial charge in [0.15, 0.2) is 0 Å². The molecule has 2 amide bonds. The van der Waals surface area contributed by atoms with E-state index >= 15 is 0 Å². The van der Waals surface area contributed by atoms with Gasteiger partial charge in [-0.3, -0.25) is 14.5 Å². The molecular formula is C21H24FN3O3. The number of hydrogen-bond donors (Lipinski definition) is 2. The molecule has 0 aromatic heterocycles. The van der Waals surface area contributed by atoms with E-state index in [-0.39, 0.29) is 30.6 Å². The molecule has 2 aromatic carbocycles. The summed E-state index contributed by atoms with van der Waals surface area (Å²) < 4.78 is 19.2. The van der Waals surface area contributed by atoms with Crippen LogP contribution in [0.3, 0.4) is 0 Å². The first kappa shape index (κ1) is 19.8. The number of ether oxygens (including phenoxy) is 1. The van der Waals surface area contributed by atoms with Crippen molar-refractivity contribution < 1.29 is 18.7 Å². The molecule has 148 valence electrons. The fourth-order valence-corrected chi connectivity index (χ4v) is 3.25. The second-order valence-corrected chi connectivity index (χ2v) is 6.70. The van der Waals surface area contributed by atoms with Crippen LogP contribution in [0.15, 0.2) is 48.5 Å². The maximum atomic E-state index is 14.0. The van der Waals surface area contributed by atoms with Gasteiger partial charge < -0.3 is 15.4 Å². The van der Waals surface area contributed by atoms with Crippen LogP contribution in [0.25, 0.3) is 0 Å². The number of nitrogens with zero attached hydrogens (tertiary/aromatic N) is 1. The minimum atomic E-state index is -0.626. The van der Waals surface area contributed by atoms with Gasteiger partial charge in [0, 0.05) is 31.7 Å². The van der Waals surface area contributed by atoms with E-state index in [1.54, 1.807) is 25.3 Å². The Morgan fingerprint density at radius 3 is 2.89 bits per heavy atom. The highest BCUT2D eigenvalue weighted by atomic mass is 19.1. The normalized spacial score (nSPS) is 17.1. The van der Waals surface area contributed by atoms with Gasteiger partial charge in [-0.15, -0.1) is 0 Å². The van der Waals surface area contributed by atoms with Gasteiger partial charge in [-0.05, 0) is 23.8 Å². The van der Waals surface area contributed by atoms with Crippen molar-refractivity contribution in [2.75, 3.05) is 20.2 Å². The molecular weight excluding hydrogens is 361 g/mol. The van der Waals surface area contributed by atoms with Crippen LogP contribution in [0.1, 0.15) is 17.5 Å². The van der Waals surface area contributed by atoms with Gasteiger partial charge in [-0.25, -0.2) is 4.39 Å². The molecule has 2 N–H and O–H groups in total. The Bertz CT molecular complexity index is 843. The van der Waals surface area contributed by atoms with Gasteiger partial charge in [-0.2, -0.15) is 0 Å². The number of rotatable bonds is 7. The third-order valence-electron chi connectivity index (χ3n) is 4.78. The Morgan fingerprint density at radius 1 is 1.29 bits per heavy atom. The van der Waals surface area contributed by atoms with E-state index < -0.39 is 6.04 Å². The Hall–Kier alpha value is -2.93. The Kier molecular flexibility index (Phi) is 6.60. The smallest absolute Gasteiger partial charge is 0.237 e. The predicted octanol–water partition coefficient (Wildman–Crippen LogP) is 1.84. The van der Waals surface area contributed by atoms with Crippen LogP contribution in [0.5, 0.6) is 5.75 Å². The minimum absolute atomic E-state index is 0.0181. The molecule has 1 fully saturated rings. The molecule has 1 aliphatic rings. The molecule has 1 unspecified atom stereocenters. The van der Waals surface area contributed by atoms with Crippen LogP contribution < -0.4 is 15.4 Å². The summed E-state index contributed by atoms with van der Waals surface area (Å²) in [5, 5.41) is 5.62. The van der Waals surface area contributed by atoms with Crippen molar-refractivity contribution in [2.24, 2.45) is 0 Å². The third-order valence-corrected chi connectivity index (χ3v) is 4.78. The summed E-state index contributed by atoms with van der Waals surface area (Å²) in [6, 6.07) is 13.3. The first-order valence-corrected chi connectivity index (χ1v) is 9.21. The van der Waals surface area contributed by atoms with Gasteiger partial charge in [0.25, 0.3) is 0 Å². The summed E-state index contributed by atoms with van der Waals surface area (Å²) in [5.74, 6) is -0.0355. The summed E-state index contributed by atoms with van der Waals surface area (Å²) in [4.78, 5) is 26.6. The van der Waals surface area contributed by atoms with Crippen molar-refractivity contribution >= 4 is 11.8 Å². The van der Waals surface area contributed by atoms with Crippen LogP contribution >= 0.6 is 0 Å². The second kappa shape index (κ2) is 9.32. The first-order chi connectivity index (χ1) is 13.6. The number of benzene rings is 2. The summed E-state index contributed by atoms with van der Waals surface area (Å²) in [5.41, 5.74) is 1.42. The molecule has 0 radical (unpaired) electrons. The highest BCUT2D eigenvalue weighted by molar-refractivity contribution is 5.88. The van der Waals surface area contributed by atoms with E-state index in [1.165, 1.54) is 6.07 Å². The molecule has 1 heterocycles. The van der Waals surface area contributed by atoms with E-state index in [0.29, 0.717) is 25.2 Å². The average Bonchev–Trinajstić information content (AvgIpc) is 2.71. The molecule has 28 heavy (non-hydrogen) atoms. The lowest BCUT2D eigenvalue weighted by atomic mass is 10.1. The standard InChI is InChI=1S/C21H24FN3O3/c1-28-17-7-4-5-15(11-17)13-24-20(26)12-19-21(27)23-9-10-25(19)14-16-6-2-3-8-18(16)22/h2-8,11,19H,9-10,12-14H2,1H3,(H,23,27)(H,24,26). The van der Waals surface area contributed by atoms with Crippen LogP contribution in [0.2, 0.25) is 0 Å². The number of carbonyl (C=O) groups excluding carboxylic acids is 2. The first-order valence-electron chi connectivity index (χ1n) is 9.21. The molecule has 7 heteroatoms. The zero-order valence-electron chi connectivity index (χ0n) is 15.8. The number of amides is 2. The molecule has 1 atom stereocenters. The van der Waals surface area contributed by atoms with Crippen molar-refractivity contribution in [1.29, 1.82) is 0 Å². The average molecular weight is 385 g/mol. The molecule has 0 spiro atoms. The Morgan fingerprint density at radius 2 is 2.11 bits per heavy atom.